The summed E-state index contributed by atoms with van der Waals surface area (Å²) >= 11 is 0. The molecule has 0 radical (unpaired) electrons. The fourth-order valence-electron chi connectivity index (χ4n) is 4.77. The Morgan fingerprint density at radius 1 is 1.07 bits per heavy atom. The minimum Gasteiger partial charge on any atom is -0.348 e. The van der Waals surface area contributed by atoms with E-state index in [9.17, 15) is 35.2 Å². The van der Waals surface area contributed by atoms with Gasteiger partial charge in [-0.15, -0.1) is 0 Å². The summed E-state index contributed by atoms with van der Waals surface area (Å²) in [5, 5.41) is 2.72. The first-order chi connectivity index (χ1) is 19.9. The lowest BCUT2D eigenvalue weighted by Crippen LogP contribution is -2.32. The van der Waals surface area contributed by atoms with Crippen LogP contribution >= 0.6 is 0 Å². The van der Waals surface area contributed by atoms with Gasteiger partial charge in [-0.1, -0.05) is 31.2 Å². The number of aromatic nitrogens is 2. The van der Waals surface area contributed by atoms with E-state index in [2.05, 4.69) is 20.0 Å². The molecule has 1 fully saturated rings. The molecule has 0 spiro atoms. The van der Waals surface area contributed by atoms with Crippen molar-refractivity contribution in [2.75, 3.05) is 23.8 Å². The van der Waals surface area contributed by atoms with Gasteiger partial charge in [0.1, 0.15) is 0 Å². The van der Waals surface area contributed by atoms with Crippen molar-refractivity contribution in [1.29, 1.82) is 0 Å². The Kier molecular flexibility index (Phi) is 9.77. The minimum absolute atomic E-state index is 0.0174. The predicted octanol–water partition coefficient (Wildman–Crippen LogP) is 5.21. The van der Waals surface area contributed by atoms with Crippen LogP contribution in [0.1, 0.15) is 52.7 Å². The maximum absolute atomic E-state index is 13.0. The second-order valence-corrected chi connectivity index (χ2v) is 12.1. The lowest BCUT2D eigenvalue weighted by Gasteiger charge is -2.24. The number of sulfone groups is 1. The Bertz CT molecular complexity index is 1450. The average Bonchev–Trinajstić information content (AvgIpc) is 3.39. The van der Waals surface area contributed by atoms with Gasteiger partial charge in [0.25, 0.3) is 5.91 Å². The Labute approximate surface area is 239 Å². The molecule has 8 nitrogen and oxygen atoms in total. The van der Waals surface area contributed by atoms with Crippen LogP contribution in [0, 0.1) is 0 Å². The van der Waals surface area contributed by atoms with Crippen molar-refractivity contribution in [1.82, 2.24) is 15.3 Å². The minimum atomic E-state index is -4.46. The van der Waals surface area contributed by atoms with E-state index in [4.69, 9.17) is 0 Å². The van der Waals surface area contributed by atoms with Crippen molar-refractivity contribution >= 4 is 21.7 Å². The summed E-state index contributed by atoms with van der Waals surface area (Å²) in [6.45, 7) is -1.13. The zero-order valence-electron chi connectivity index (χ0n) is 22.5. The third-order valence-electron chi connectivity index (χ3n) is 7.09. The first kappa shape index (κ1) is 31.3. The number of halogens is 5. The summed E-state index contributed by atoms with van der Waals surface area (Å²) in [4.78, 5) is 23.2. The van der Waals surface area contributed by atoms with Crippen molar-refractivity contribution in [2.45, 2.75) is 56.0 Å². The monoisotopic (exact) mass is 612 g/mol. The summed E-state index contributed by atoms with van der Waals surface area (Å²) in [5.41, 5.74) is 0.763. The van der Waals surface area contributed by atoms with Crippen LogP contribution in [0.2, 0.25) is 0 Å². The molecule has 2 aromatic carbocycles. The van der Waals surface area contributed by atoms with Crippen LogP contribution in [0.15, 0.2) is 65.8 Å². The summed E-state index contributed by atoms with van der Waals surface area (Å²) in [6.07, 6.45) is -1.13. The number of carbonyl (C=O) groups is 1. The van der Waals surface area contributed by atoms with Crippen molar-refractivity contribution in [3.05, 3.63) is 83.2 Å². The Hall–Kier alpha value is -3.65. The number of rotatable bonds is 11. The highest BCUT2D eigenvalue weighted by Crippen LogP contribution is 2.37. The summed E-state index contributed by atoms with van der Waals surface area (Å²) in [5.74, 6) is -0.432. The SMILES string of the molecule is CCS(=O)(=O)c1ccc(CNC(=O)c2cnc(N3CC(c4ccc(C(F)(F)F)cc4)C[C@H]3CCOC(F)F)nc2)cc1. The fraction of sp³-hybridized carbons (Fsp3) is 0.393. The lowest BCUT2D eigenvalue weighted by molar-refractivity contribution is -0.137. The summed E-state index contributed by atoms with van der Waals surface area (Å²) < 4.78 is 92.4. The molecule has 2 atom stereocenters. The van der Waals surface area contributed by atoms with Gasteiger partial charge in [-0.05, 0) is 48.2 Å². The average molecular weight is 613 g/mol. The van der Waals surface area contributed by atoms with Crippen LogP contribution in [-0.4, -0.2) is 55.9 Å². The molecule has 4 rings (SSSR count). The number of nitrogens with zero attached hydrogens (tertiary/aromatic N) is 3. The van der Waals surface area contributed by atoms with Crippen molar-refractivity contribution in [3.8, 4) is 0 Å². The molecule has 14 heteroatoms. The van der Waals surface area contributed by atoms with Gasteiger partial charge < -0.3 is 15.0 Å². The molecule has 1 aliphatic heterocycles. The third kappa shape index (κ3) is 7.79. The lowest BCUT2D eigenvalue weighted by atomic mass is 9.94. The number of hydrogen-bond acceptors (Lipinski definition) is 7. The van der Waals surface area contributed by atoms with Crippen LogP contribution < -0.4 is 10.2 Å². The molecule has 0 aliphatic carbocycles. The van der Waals surface area contributed by atoms with Crippen LogP contribution in [0.25, 0.3) is 0 Å². The molecule has 1 saturated heterocycles. The number of anilines is 1. The summed E-state index contributed by atoms with van der Waals surface area (Å²) in [7, 11) is -3.33. The van der Waals surface area contributed by atoms with Crippen LogP contribution in [0.3, 0.4) is 0 Å². The van der Waals surface area contributed by atoms with E-state index in [1.165, 1.54) is 36.7 Å². The van der Waals surface area contributed by atoms with Gasteiger partial charge in [0.05, 0.1) is 28.4 Å². The Morgan fingerprint density at radius 2 is 1.71 bits per heavy atom. The molecule has 0 bridgehead atoms. The highest BCUT2D eigenvalue weighted by Gasteiger charge is 2.35. The molecular weight excluding hydrogens is 583 g/mol. The highest BCUT2D eigenvalue weighted by molar-refractivity contribution is 7.91. The number of benzene rings is 2. The number of carbonyl (C=O) groups excluding carboxylic acids is 1. The zero-order valence-corrected chi connectivity index (χ0v) is 23.3. The molecule has 226 valence electrons. The van der Waals surface area contributed by atoms with E-state index in [0.29, 0.717) is 24.1 Å². The highest BCUT2D eigenvalue weighted by atomic mass is 32.2. The van der Waals surface area contributed by atoms with E-state index in [0.717, 1.165) is 12.1 Å². The van der Waals surface area contributed by atoms with Crippen LogP contribution in [-0.2, 0) is 27.3 Å². The fourth-order valence-corrected chi connectivity index (χ4v) is 5.65. The molecule has 1 unspecified atom stereocenters. The normalized spacial score (nSPS) is 17.5. The van der Waals surface area contributed by atoms with Gasteiger partial charge in [-0.25, -0.2) is 18.4 Å². The number of hydrogen-bond donors (Lipinski definition) is 1. The maximum atomic E-state index is 13.0. The molecule has 2 heterocycles. The third-order valence-corrected chi connectivity index (χ3v) is 8.84. The summed E-state index contributed by atoms with van der Waals surface area (Å²) in [6, 6.07) is 10.7. The van der Waals surface area contributed by atoms with Crippen molar-refractivity contribution in [3.63, 3.8) is 0 Å². The van der Waals surface area contributed by atoms with Gasteiger partial charge in [0, 0.05) is 37.4 Å². The molecule has 0 saturated carbocycles. The molecule has 1 N–H and O–H groups in total. The number of nitrogens with one attached hydrogen (secondary N) is 1. The van der Waals surface area contributed by atoms with Gasteiger partial charge in [0.2, 0.25) is 5.95 Å². The van der Waals surface area contributed by atoms with Gasteiger partial charge >= 0.3 is 12.8 Å². The predicted molar refractivity (Wildman–Crippen MR) is 144 cm³/mol. The maximum Gasteiger partial charge on any atom is 0.416 e. The second kappa shape index (κ2) is 13.1. The molecular formula is C28H29F5N4O4S. The van der Waals surface area contributed by atoms with Gasteiger partial charge in [-0.2, -0.15) is 22.0 Å². The first-order valence-electron chi connectivity index (χ1n) is 13.1. The molecule has 1 amide bonds. The molecule has 1 aliphatic rings. The molecule has 3 aromatic rings. The van der Waals surface area contributed by atoms with E-state index in [1.807, 2.05) is 0 Å². The van der Waals surface area contributed by atoms with E-state index >= 15 is 0 Å². The Morgan fingerprint density at radius 3 is 2.29 bits per heavy atom. The standard InChI is InChI=1S/C28H29F5N4O4S/c1-2-42(39,40)24-9-3-18(4-10-24)14-34-25(38)21-15-35-27(36-16-21)37-17-20(13-23(37)11-12-41-26(29)30)19-5-7-22(8-6-19)28(31,32)33/h3-10,15-16,20,23,26H,2,11-14,17H2,1H3,(H,34,38)/t20?,23-/m1/s1. The molecule has 1 aromatic heterocycles. The zero-order chi connectivity index (χ0) is 30.5. The van der Waals surface area contributed by atoms with Crippen molar-refractivity contribution in [2.24, 2.45) is 0 Å². The van der Waals surface area contributed by atoms with Crippen molar-refractivity contribution < 1.29 is 39.9 Å². The van der Waals surface area contributed by atoms with E-state index in [-0.39, 0.29) is 53.7 Å². The van der Waals surface area contributed by atoms with E-state index < -0.39 is 34.1 Å². The smallest absolute Gasteiger partial charge is 0.348 e. The van der Waals surface area contributed by atoms with Crippen LogP contribution in [0.5, 0.6) is 0 Å². The topological polar surface area (TPSA) is 101 Å². The molecule has 42 heavy (non-hydrogen) atoms. The number of amides is 1. The van der Waals surface area contributed by atoms with Crippen LogP contribution in [0.4, 0.5) is 27.9 Å². The van der Waals surface area contributed by atoms with E-state index in [1.54, 1.807) is 24.0 Å². The number of alkyl halides is 5. The van der Waals surface area contributed by atoms with Gasteiger partial charge in [-0.3, -0.25) is 4.79 Å². The largest absolute Gasteiger partial charge is 0.416 e. The Balaban J connectivity index is 1.42. The number of ether oxygens (including phenoxy) is 1. The first-order valence-corrected chi connectivity index (χ1v) is 14.8. The quantitative estimate of drug-likeness (QED) is 0.297. The van der Waals surface area contributed by atoms with Gasteiger partial charge in [0.15, 0.2) is 9.84 Å². The second-order valence-electron chi connectivity index (χ2n) is 9.78.